The third-order valence-corrected chi connectivity index (χ3v) is 5.45. The Balaban J connectivity index is 1.65. The van der Waals surface area contributed by atoms with Crippen molar-refractivity contribution in [2.75, 3.05) is 0 Å². The zero-order chi connectivity index (χ0) is 19.0. The summed E-state index contributed by atoms with van der Waals surface area (Å²) in [6, 6.07) is 13.5. The highest BCUT2D eigenvalue weighted by Crippen LogP contribution is 2.37. The summed E-state index contributed by atoms with van der Waals surface area (Å²) in [7, 11) is 0. The second kappa shape index (κ2) is 6.93. The number of hydrogen-bond acceptors (Lipinski definition) is 5. The molecule has 0 aliphatic carbocycles. The molecule has 27 heavy (non-hydrogen) atoms. The lowest BCUT2D eigenvalue weighted by Crippen LogP contribution is -2.11. The molecule has 138 valence electrons. The fourth-order valence-corrected chi connectivity index (χ4v) is 4.17. The van der Waals surface area contributed by atoms with Gasteiger partial charge in [0.2, 0.25) is 5.65 Å². The van der Waals surface area contributed by atoms with Crippen LogP contribution in [0.15, 0.2) is 63.4 Å². The first-order valence-electron chi connectivity index (χ1n) is 7.74. The molecule has 2 aromatic heterocycles. The quantitative estimate of drug-likeness (QED) is 0.505. The smallest absolute Gasteiger partial charge is 0.317 e. The van der Waals surface area contributed by atoms with Crippen molar-refractivity contribution in [2.24, 2.45) is 0 Å². The lowest BCUT2D eigenvalue weighted by atomic mass is 10.2. The van der Waals surface area contributed by atoms with Crippen LogP contribution >= 0.6 is 23.5 Å². The predicted octanol–water partition coefficient (Wildman–Crippen LogP) is 4.48. The molecule has 0 aliphatic heterocycles. The number of H-pyrrole nitrogens is 1. The van der Waals surface area contributed by atoms with E-state index in [2.05, 4.69) is 15.2 Å². The first-order chi connectivity index (χ1) is 12.9. The van der Waals surface area contributed by atoms with Crippen molar-refractivity contribution in [1.82, 2.24) is 19.6 Å². The normalized spacial score (nSPS) is 12.1. The van der Waals surface area contributed by atoms with Crippen LogP contribution in [0.4, 0.5) is 13.2 Å². The molecule has 0 aliphatic rings. The lowest BCUT2D eigenvalue weighted by molar-refractivity contribution is -0.0328. The maximum atomic E-state index is 12.5. The molecule has 4 aromatic rings. The highest BCUT2D eigenvalue weighted by Gasteiger charge is 2.29. The molecule has 0 saturated carbocycles. The van der Waals surface area contributed by atoms with Crippen LogP contribution in [0, 0.1) is 0 Å². The highest BCUT2D eigenvalue weighted by molar-refractivity contribution is 8.00. The number of nitrogens with zero attached hydrogens (tertiary/aromatic N) is 3. The summed E-state index contributed by atoms with van der Waals surface area (Å²) < 4.78 is 39.3. The van der Waals surface area contributed by atoms with Gasteiger partial charge in [-0.1, -0.05) is 36.0 Å². The summed E-state index contributed by atoms with van der Waals surface area (Å²) in [6.07, 6.45) is 0. The number of nitrogens with one attached hydrogen (secondary N) is 1. The van der Waals surface area contributed by atoms with Crippen molar-refractivity contribution >= 4 is 40.2 Å². The van der Waals surface area contributed by atoms with E-state index in [1.165, 1.54) is 23.9 Å². The predicted molar refractivity (Wildman–Crippen MR) is 99.0 cm³/mol. The molecule has 4 rings (SSSR count). The Morgan fingerprint density at radius 2 is 1.89 bits per heavy atom. The van der Waals surface area contributed by atoms with Gasteiger partial charge in [-0.2, -0.15) is 13.2 Å². The number of thioether (sulfide) groups is 2. The number of hydrogen-bond donors (Lipinski definition) is 1. The number of benzene rings is 2. The fraction of sp³-hybridized carbons (Fsp3) is 0.118. The van der Waals surface area contributed by atoms with Crippen molar-refractivity contribution in [1.29, 1.82) is 0 Å². The Labute approximate surface area is 159 Å². The largest absolute Gasteiger partial charge is 0.446 e. The van der Waals surface area contributed by atoms with E-state index in [9.17, 15) is 18.0 Å². The van der Waals surface area contributed by atoms with E-state index in [0.717, 1.165) is 11.1 Å². The van der Waals surface area contributed by atoms with Gasteiger partial charge >= 0.3 is 5.51 Å². The molecule has 0 atom stereocenters. The number of aromatic nitrogens is 4. The standard InChI is InChI=1S/C17H11F3N4OS2/c18-17(19,20)27-11-5-3-4-10(8-11)9-26-16-23-22-14-15(25)21-12-6-1-2-7-13(12)24(14)16/h1-8H,9H2,(H,21,25). The van der Waals surface area contributed by atoms with Gasteiger partial charge in [0.05, 0.1) is 11.0 Å². The van der Waals surface area contributed by atoms with E-state index >= 15 is 0 Å². The molecule has 2 aromatic carbocycles. The Morgan fingerprint density at radius 1 is 1.07 bits per heavy atom. The van der Waals surface area contributed by atoms with Gasteiger partial charge in [-0.05, 0) is 41.6 Å². The van der Waals surface area contributed by atoms with Crippen molar-refractivity contribution in [3.05, 3.63) is 64.4 Å². The Kier molecular flexibility index (Phi) is 4.60. The molecule has 0 spiro atoms. The third-order valence-electron chi connectivity index (χ3n) is 3.73. The van der Waals surface area contributed by atoms with E-state index in [1.54, 1.807) is 22.6 Å². The van der Waals surface area contributed by atoms with Gasteiger partial charge in [-0.15, -0.1) is 10.2 Å². The van der Waals surface area contributed by atoms with Crippen LogP contribution in [0.2, 0.25) is 0 Å². The van der Waals surface area contributed by atoms with Gasteiger partial charge in [0, 0.05) is 10.6 Å². The van der Waals surface area contributed by atoms with Gasteiger partial charge in [-0.25, -0.2) is 0 Å². The molecule has 0 fully saturated rings. The fourth-order valence-electron chi connectivity index (χ4n) is 2.66. The second-order valence-electron chi connectivity index (χ2n) is 5.60. The van der Waals surface area contributed by atoms with Gasteiger partial charge in [-0.3, -0.25) is 9.20 Å². The van der Waals surface area contributed by atoms with E-state index in [1.807, 2.05) is 18.2 Å². The molecule has 0 radical (unpaired) electrons. The van der Waals surface area contributed by atoms with E-state index in [-0.39, 0.29) is 27.9 Å². The number of para-hydroxylation sites is 2. The third kappa shape index (κ3) is 3.81. The first kappa shape index (κ1) is 17.9. The summed E-state index contributed by atoms with van der Waals surface area (Å²) >= 11 is 1.16. The summed E-state index contributed by atoms with van der Waals surface area (Å²) in [5.74, 6) is 0.397. The van der Waals surface area contributed by atoms with E-state index < -0.39 is 5.51 Å². The average molecular weight is 408 g/mol. The van der Waals surface area contributed by atoms with Crippen molar-refractivity contribution < 1.29 is 13.2 Å². The van der Waals surface area contributed by atoms with E-state index in [0.29, 0.717) is 16.4 Å². The summed E-state index contributed by atoms with van der Waals surface area (Å²) in [6.45, 7) is 0. The maximum Gasteiger partial charge on any atom is 0.446 e. The minimum atomic E-state index is -4.32. The van der Waals surface area contributed by atoms with Gasteiger partial charge in [0.15, 0.2) is 5.16 Å². The van der Waals surface area contributed by atoms with Crippen LogP contribution in [0.1, 0.15) is 5.56 Å². The number of halogens is 3. The van der Waals surface area contributed by atoms with Crippen LogP contribution in [-0.4, -0.2) is 25.1 Å². The van der Waals surface area contributed by atoms with E-state index in [4.69, 9.17) is 0 Å². The molecule has 0 saturated heterocycles. The minimum Gasteiger partial charge on any atom is -0.317 e. The van der Waals surface area contributed by atoms with Gasteiger partial charge < -0.3 is 4.98 Å². The lowest BCUT2D eigenvalue weighted by Gasteiger charge is -2.07. The molecule has 10 heteroatoms. The zero-order valence-electron chi connectivity index (χ0n) is 13.5. The SMILES string of the molecule is O=c1[nH]c2ccccc2n2c(SCc3cccc(SC(F)(F)F)c3)nnc12. The van der Waals surface area contributed by atoms with Gasteiger partial charge in [0.1, 0.15) is 0 Å². The molecule has 2 heterocycles. The number of rotatable bonds is 4. The first-order valence-corrected chi connectivity index (χ1v) is 9.54. The average Bonchev–Trinajstić information content (AvgIpc) is 3.04. The molecule has 1 N–H and O–H groups in total. The Morgan fingerprint density at radius 3 is 2.70 bits per heavy atom. The molecule has 0 bridgehead atoms. The van der Waals surface area contributed by atoms with Crippen molar-refractivity contribution in [3.63, 3.8) is 0 Å². The highest BCUT2D eigenvalue weighted by atomic mass is 32.2. The van der Waals surface area contributed by atoms with Crippen molar-refractivity contribution in [3.8, 4) is 0 Å². The van der Waals surface area contributed by atoms with Crippen molar-refractivity contribution in [2.45, 2.75) is 21.3 Å². The summed E-state index contributed by atoms with van der Waals surface area (Å²) in [4.78, 5) is 15.0. The zero-order valence-corrected chi connectivity index (χ0v) is 15.2. The van der Waals surface area contributed by atoms with Crippen LogP contribution < -0.4 is 5.56 Å². The monoisotopic (exact) mass is 408 g/mol. The molecule has 0 amide bonds. The molecule has 5 nitrogen and oxygen atoms in total. The molecular formula is C17H11F3N4OS2. The minimum absolute atomic E-state index is 0.133. The van der Waals surface area contributed by atoms with Crippen LogP contribution in [0.5, 0.6) is 0 Å². The van der Waals surface area contributed by atoms with Crippen LogP contribution in [-0.2, 0) is 5.75 Å². The summed E-state index contributed by atoms with van der Waals surface area (Å²) in [5, 5.41) is 8.52. The van der Waals surface area contributed by atoms with Crippen LogP contribution in [0.25, 0.3) is 16.7 Å². The van der Waals surface area contributed by atoms with Crippen LogP contribution in [0.3, 0.4) is 0 Å². The van der Waals surface area contributed by atoms with Gasteiger partial charge in [0.25, 0.3) is 5.56 Å². The molecule has 0 unspecified atom stereocenters. The number of fused-ring (bicyclic) bond motifs is 3. The Bertz CT molecular complexity index is 1190. The number of alkyl halides is 3. The Hall–Kier alpha value is -2.46. The topological polar surface area (TPSA) is 63.0 Å². The summed E-state index contributed by atoms with van der Waals surface area (Å²) in [5.41, 5.74) is -2.37. The molecular weight excluding hydrogens is 397 g/mol. The maximum absolute atomic E-state index is 12.5. The number of aromatic amines is 1. The second-order valence-corrected chi connectivity index (χ2v) is 7.68.